The summed E-state index contributed by atoms with van der Waals surface area (Å²) in [5.74, 6) is -0.0486. The summed E-state index contributed by atoms with van der Waals surface area (Å²) in [6, 6.07) is 6.01. The lowest BCUT2D eigenvalue weighted by atomic mass is 9.97. The van der Waals surface area contributed by atoms with Crippen molar-refractivity contribution in [3.8, 4) is 0 Å². The zero-order valence-electron chi connectivity index (χ0n) is 14.8. The van der Waals surface area contributed by atoms with E-state index in [0.29, 0.717) is 13.2 Å². The molecule has 0 saturated carbocycles. The number of amides is 1. The Labute approximate surface area is 140 Å². The molecule has 0 aromatic heterocycles. The first-order chi connectivity index (χ1) is 10.7. The first-order valence-corrected chi connectivity index (χ1v) is 11.1. The number of rotatable bonds is 5. The third-order valence-corrected chi connectivity index (χ3v) is 9.52. The van der Waals surface area contributed by atoms with Gasteiger partial charge in [0.1, 0.15) is 6.29 Å². The summed E-state index contributed by atoms with van der Waals surface area (Å²) in [7, 11) is -1.81. The van der Waals surface area contributed by atoms with E-state index in [0.717, 1.165) is 29.4 Å². The lowest BCUT2D eigenvalue weighted by Gasteiger charge is -2.36. The van der Waals surface area contributed by atoms with Crippen molar-refractivity contribution in [2.45, 2.75) is 51.9 Å². The number of carbonyl (C=O) groups is 2. The quantitative estimate of drug-likeness (QED) is 0.613. The first kappa shape index (κ1) is 17.9. The van der Waals surface area contributed by atoms with Gasteiger partial charge in [-0.1, -0.05) is 32.9 Å². The summed E-state index contributed by atoms with van der Waals surface area (Å²) in [6.07, 6.45) is 1.59. The molecule has 4 nitrogen and oxygen atoms in total. The number of fused-ring (bicyclic) bond motifs is 1. The zero-order valence-corrected chi connectivity index (χ0v) is 15.8. The monoisotopic (exact) mass is 333 g/mol. The molecule has 2 rings (SSSR count). The number of benzene rings is 1. The molecular formula is C18H27NO3Si. The second-order valence-corrected chi connectivity index (χ2v) is 12.5. The summed E-state index contributed by atoms with van der Waals surface area (Å²) in [5.41, 5.74) is 2.80. The van der Waals surface area contributed by atoms with Crippen molar-refractivity contribution in [1.82, 2.24) is 4.90 Å². The SMILES string of the molecule is CC(C)(C)[Si](C)(C)OCc1ccc2c(c1)C(=O)N(CC=O)CC2. The fourth-order valence-electron chi connectivity index (χ4n) is 2.40. The van der Waals surface area contributed by atoms with Gasteiger partial charge in [0.25, 0.3) is 5.91 Å². The Morgan fingerprint density at radius 1 is 1.30 bits per heavy atom. The van der Waals surface area contributed by atoms with Crippen LogP contribution in [-0.4, -0.2) is 38.5 Å². The normalized spacial score (nSPS) is 15.5. The van der Waals surface area contributed by atoms with E-state index in [4.69, 9.17) is 4.43 Å². The van der Waals surface area contributed by atoms with E-state index in [1.54, 1.807) is 4.90 Å². The minimum atomic E-state index is -1.81. The second-order valence-electron chi connectivity index (χ2n) is 7.71. The fourth-order valence-corrected chi connectivity index (χ4v) is 3.36. The zero-order chi connectivity index (χ0) is 17.3. The maximum Gasteiger partial charge on any atom is 0.254 e. The van der Waals surface area contributed by atoms with Gasteiger partial charge in [-0.05, 0) is 41.7 Å². The summed E-state index contributed by atoms with van der Waals surface area (Å²) in [4.78, 5) is 24.8. The van der Waals surface area contributed by atoms with E-state index in [-0.39, 0.29) is 17.5 Å². The van der Waals surface area contributed by atoms with Gasteiger partial charge in [-0.15, -0.1) is 0 Å². The Balaban J connectivity index is 2.15. The molecule has 0 fully saturated rings. The Bertz CT molecular complexity index is 605. The summed E-state index contributed by atoms with van der Waals surface area (Å²) < 4.78 is 6.24. The molecule has 0 radical (unpaired) electrons. The number of aldehydes is 1. The predicted molar refractivity (Wildman–Crippen MR) is 94.1 cm³/mol. The topological polar surface area (TPSA) is 46.6 Å². The van der Waals surface area contributed by atoms with Crippen molar-refractivity contribution in [2.24, 2.45) is 0 Å². The van der Waals surface area contributed by atoms with E-state index in [1.807, 2.05) is 12.1 Å². The molecule has 0 spiro atoms. The highest BCUT2D eigenvalue weighted by Gasteiger charge is 2.37. The summed E-state index contributed by atoms with van der Waals surface area (Å²) >= 11 is 0. The minimum absolute atomic E-state index is 0.0486. The van der Waals surface area contributed by atoms with Gasteiger partial charge in [-0.3, -0.25) is 4.79 Å². The molecule has 5 heteroatoms. The van der Waals surface area contributed by atoms with Gasteiger partial charge >= 0.3 is 0 Å². The van der Waals surface area contributed by atoms with Crippen LogP contribution in [0.3, 0.4) is 0 Å². The first-order valence-electron chi connectivity index (χ1n) is 8.14. The number of hydrogen-bond acceptors (Lipinski definition) is 3. The number of hydrogen-bond donors (Lipinski definition) is 0. The molecule has 1 aromatic rings. The largest absolute Gasteiger partial charge is 0.413 e. The van der Waals surface area contributed by atoms with Crippen LogP contribution in [0.4, 0.5) is 0 Å². The van der Waals surface area contributed by atoms with Crippen LogP contribution in [0.1, 0.15) is 42.3 Å². The van der Waals surface area contributed by atoms with Crippen molar-refractivity contribution in [3.05, 3.63) is 34.9 Å². The van der Waals surface area contributed by atoms with E-state index in [2.05, 4.69) is 39.9 Å². The van der Waals surface area contributed by atoms with Crippen LogP contribution >= 0.6 is 0 Å². The van der Waals surface area contributed by atoms with Crippen molar-refractivity contribution in [1.29, 1.82) is 0 Å². The van der Waals surface area contributed by atoms with Crippen molar-refractivity contribution >= 4 is 20.5 Å². The lowest BCUT2D eigenvalue weighted by Crippen LogP contribution is -2.40. The van der Waals surface area contributed by atoms with Crippen LogP contribution in [0.15, 0.2) is 18.2 Å². The Hall–Kier alpha value is -1.46. The molecular weight excluding hydrogens is 306 g/mol. The number of nitrogens with zero attached hydrogens (tertiary/aromatic N) is 1. The van der Waals surface area contributed by atoms with Crippen LogP contribution in [-0.2, 0) is 22.2 Å². The molecule has 0 saturated heterocycles. The highest BCUT2D eigenvalue weighted by Crippen LogP contribution is 2.37. The van der Waals surface area contributed by atoms with Crippen molar-refractivity contribution < 1.29 is 14.0 Å². The van der Waals surface area contributed by atoms with Gasteiger partial charge in [0.15, 0.2) is 8.32 Å². The van der Waals surface area contributed by atoms with Crippen molar-refractivity contribution in [2.75, 3.05) is 13.1 Å². The van der Waals surface area contributed by atoms with Crippen LogP contribution in [0.2, 0.25) is 18.1 Å². The molecule has 1 amide bonds. The Kier molecular flexibility index (Phi) is 5.11. The summed E-state index contributed by atoms with van der Waals surface area (Å²) in [6.45, 7) is 12.4. The molecule has 1 aromatic carbocycles. The smallest absolute Gasteiger partial charge is 0.254 e. The molecule has 0 bridgehead atoms. The molecule has 0 unspecified atom stereocenters. The second kappa shape index (κ2) is 6.57. The molecule has 0 N–H and O–H groups in total. The predicted octanol–water partition coefficient (Wildman–Crippen LogP) is 3.41. The van der Waals surface area contributed by atoms with E-state index < -0.39 is 8.32 Å². The van der Waals surface area contributed by atoms with Gasteiger partial charge in [0, 0.05) is 12.1 Å². The van der Waals surface area contributed by atoms with E-state index >= 15 is 0 Å². The van der Waals surface area contributed by atoms with Gasteiger partial charge < -0.3 is 14.1 Å². The molecule has 1 aliphatic heterocycles. The van der Waals surface area contributed by atoms with E-state index in [1.165, 1.54) is 0 Å². The molecule has 1 aliphatic rings. The molecule has 126 valence electrons. The van der Waals surface area contributed by atoms with Crippen LogP contribution in [0.5, 0.6) is 0 Å². The molecule has 23 heavy (non-hydrogen) atoms. The maximum atomic E-state index is 12.5. The Morgan fingerprint density at radius 3 is 2.61 bits per heavy atom. The highest BCUT2D eigenvalue weighted by atomic mass is 28.4. The van der Waals surface area contributed by atoms with Gasteiger partial charge in [-0.2, -0.15) is 0 Å². The third kappa shape index (κ3) is 3.90. The van der Waals surface area contributed by atoms with E-state index in [9.17, 15) is 9.59 Å². The van der Waals surface area contributed by atoms with Gasteiger partial charge in [0.2, 0.25) is 0 Å². The highest BCUT2D eigenvalue weighted by molar-refractivity contribution is 6.74. The molecule has 0 atom stereocenters. The lowest BCUT2D eigenvalue weighted by molar-refractivity contribution is -0.108. The standard InChI is InChI=1S/C18H27NO3Si/c1-18(2,3)23(4,5)22-13-14-6-7-15-8-9-19(10-11-20)17(21)16(15)12-14/h6-7,11-12H,8-10,13H2,1-5H3. The van der Waals surface area contributed by atoms with Crippen LogP contribution in [0.25, 0.3) is 0 Å². The summed E-state index contributed by atoms with van der Waals surface area (Å²) in [5, 5.41) is 0.164. The van der Waals surface area contributed by atoms with Gasteiger partial charge in [0.05, 0.1) is 13.2 Å². The third-order valence-electron chi connectivity index (χ3n) is 5.04. The molecule has 0 aliphatic carbocycles. The van der Waals surface area contributed by atoms with Crippen LogP contribution in [0, 0.1) is 0 Å². The maximum absolute atomic E-state index is 12.5. The Morgan fingerprint density at radius 2 is 2.00 bits per heavy atom. The average molecular weight is 334 g/mol. The minimum Gasteiger partial charge on any atom is -0.413 e. The fraction of sp³-hybridized carbons (Fsp3) is 0.556. The molecule has 1 heterocycles. The van der Waals surface area contributed by atoms with Gasteiger partial charge in [-0.25, -0.2) is 0 Å². The van der Waals surface area contributed by atoms with Crippen molar-refractivity contribution in [3.63, 3.8) is 0 Å². The van der Waals surface area contributed by atoms with Crippen LogP contribution < -0.4 is 0 Å². The average Bonchev–Trinajstić information content (AvgIpc) is 2.47. The number of carbonyl (C=O) groups excluding carboxylic acids is 2.